The van der Waals surface area contributed by atoms with Crippen LogP contribution in [0, 0.1) is 6.92 Å². The second kappa shape index (κ2) is 5.17. The van der Waals surface area contributed by atoms with Gasteiger partial charge in [-0.1, -0.05) is 29.8 Å². The first-order valence-electron chi connectivity index (χ1n) is 6.55. The largest absolute Gasteiger partial charge is 0.399 e. The maximum absolute atomic E-state index is 5.92. The number of fused-ring (bicyclic) bond motifs is 1. The fraction of sp³-hybridized carbons (Fsp3) is 0.250. The number of hydrogen-bond acceptors (Lipinski definition) is 3. The highest BCUT2D eigenvalue weighted by atomic mass is 32.2. The van der Waals surface area contributed by atoms with E-state index in [0.29, 0.717) is 0 Å². The number of benzene rings is 2. The van der Waals surface area contributed by atoms with Crippen molar-refractivity contribution in [2.75, 3.05) is 22.9 Å². The molecule has 1 aliphatic rings. The quantitative estimate of drug-likeness (QED) is 0.844. The third kappa shape index (κ3) is 2.71. The minimum absolute atomic E-state index is 0.843. The summed E-state index contributed by atoms with van der Waals surface area (Å²) in [7, 11) is 0. The monoisotopic (exact) mass is 270 g/mol. The van der Waals surface area contributed by atoms with E-state index in [4.69, 9.17) is 5.73 Å². The number of rotatable bonds is 2. The van der Waals surface area contributed by atoms with Gasteiger partial charge in [0, 0.05) is 29.4 Å². The molecular weight excluding hydrogens is 252 g/mol. The summed E-state index contributed by atoms with van der Waals surface area (Å²) in [4.78, 5) is 3.76. The summed E-state index contributed by atoms with van der Waals surface area (Å²) in [6.07, 6.45) is 0. The van der Waals surface area contributed by atoms with Crippen LogP contribution < -0.4 is 10.6 Å². The van der Waals surface area contributed by atoms with Crippen LogP contribution >= 0.6 is 11.8 Å². The lowest BCUT2D eigenvalue weighted by molar-refractivity contribution is 0.817. The number of thioether (sulfide) groups is 1. The van der Waals surface area contributed by atoms with Crippen molar-refractivity contribution in [2.24, 2.45) is 0 Å². The number of aryl methyl sites for hydroxylation is 1. The van der Waals surface area contributed by atoms with E-state index >= 15 is 0 Å². The summed E-state index contributed by atoms with van der Waals surface area (Å²) >= 11 is 1.92. The molecule has 3 rings (SSSR count). The Morgan fingerprint density at radius 2 is 1.95 bits per heavy atom. The summed E-state index contributed by atoms with van der Waals surface area (Å²) < 4.78 is 0. The topological polar surface area (TPSA) is 29.3 Å². The van der Waals surface area contributed by atoms with Crippen LogP contribution in [0.25, 0.3) is 0 Å². The minimum atomic E-state index is 0.843. The molecule has 19 heavy (non-hydrogen) atoms. The van der Waals surface area contributed by atoms with Gasteiger partial charge in [0.1, 0.15) is 0 Å². The number of anilines is 2. The Balaban J connectivity index is 1.87. The highest BCUT2D eigenvalue weighted by Gasteiger charge is 2.17. The van der Waals surface area contributed by atoms with Gasteiger partial charge < -0.3 is 10.6 Å². The van der Waals surface area contributed by atoms with Gasteiger partial charge >= 0.3 is 0 Å². The molecule has 0 aromatic heterocycles. The van der Waals surface area contributed by atoms with Crippen LogP contribution in [0.3, 0.4) is 0 Å². The number of hydrogen-bond donors (Lipinski definition) is 1. The van der Waals surface area contributed by atoms with Crippen molar-refractivity contribution >= 4 is 23.1 Å². The predicted molar refractivity (Wildman–Crippen MR) is 83.8 cm³/mol. The molecule has 1 aliphatic heterocycles. The SMILES string of the molecule is Cc1ccc(CN2CCSc3ccc(N)cc32)cc1. The van der Waals surface area contributed by atoms with Gasteiger partial charge in [-0.15, -0.1) is 11.8 Å². The zero-order valence-corrected chi connectivity index (χ0v) is 11.9. The molecule has 0 radical (unpaired) electrons. The Morgan fingerprint density at radius 1 is 1.16 bits per heavy atom. The van der Waals surface area contributed by atoms with Crippen LogP contribution in [-0.4, -0.2) is 12.3 Å². The standard InChI is InChI=1S/C16H18N2S/c1-12-2-4-13(5-3-12)11-18-8-9-19-16-7-6-14(17)10-15(16)18/h2-7,10H,8-9,11,17H2,1H3. The molecule has 98 valence electrons. The lowest BCUT2D eigenvalue weighted by Gasteiger charge is -2.31. The molecule has 2 N–H and O–H groups in total. The van der Waals surface area contributed by atoms with E-state index in [1.165, 1.54) is 21.7 Å². The van der Waals surface area contributed by atoms with Gasteiger partial charge in [0.2, 0.25) is 0 Å². The maximum atomic E-state index is 5.92. The highest BCUT2D eigenvalue weighted by Crippen LogP contribution is 2.36. The zero-order valence-electron chi connectivity index (χ0n) is 11.1. The smallest absolute Gasteiger partial charge is 0.0528 e. The first kappa shape index (κ1) is 12.4. The Morgan fingerprint density at radius 3 is 2.74 bits per heavy atom. The maximum Gasteiger partial charge on any atom is 0.0528 e. The Bertz CT molecular complexity index is 578. The van der Waals surface area contributed by atoms with Crippen LogP contribution in [0.5, 0.6) is 0 Å². The molecule has 0 saturated heterocycles. The Hall–Kier alpha value is -1.61. The lowest BCUT2D eigenvalue weighted by Crippen LogP contribution is -2.28. The van der Waals surface area contributed by atoms with Crippen molar-refractivity contribution in [1.29, 1.82) is 0 Å². The number of nitrogens with two attached hydrogens (primary N) is 1. The van der Waals surface area contributed by atoms with Gasteiger partial charge in [0.25, 0.3) is 0 Å². The summed E-state index contributed by atoms with van der Waals surface area (Å²) in [6, 6.07) is 15.0. The minimum Gasteiger partial charge on any atom is -0.399 e. The molecule has 0 bridgehead atoms. The molecular formula is C16H18N2S. The molecule has 0 spiro atoms. The molecule has 2 aromatic rings. The van der Waals surface area contributed by atoms with Gasteiger partial charge in [-0.25, -0.2) is 0 Å². The summed E-state index contributed by atoms with van der Waals surface area (Å²) in [5.74, 6) is 1.14. The zero-order chi connectivity index (χ0) is 13.2. The van der Waals surface area contributed by atoms with Crippen LogP contribution in [0.15, 0.2) is 47.4 Å². The van der Waals surface area contributed by atoms with Crippen LogP contribution in [-0.2, 0) is 6.54 Å². The van der Waals surface area contributed by atoms with Gasteiger partial charge in [0.05, 0.1) is 5.69 Å². The van der Waals surface area contributed by atoms with Crippen molar-refractivity contribution in [3.8, 4) is 0 Å². The Labute approximate surface area is 118 Å². The van der Waals surface area contributed by atoms with E-state index in [1.807, 2.05) is 17.8 Å². The number of nitrogens with zero attached hydrogens (tertiary/aromatic N) is 1. The fourth-order valence-corrected chi connectivity index (χ4v) is 3.40. The van der Waals surface area contributed by atoms with Gasteiger partial charge in [0.15, 0.2) is 0 Å². The average molecular weight is 270 g/mol. The lowest BCUT2D eigenvalue weighted by atomic mass is 10.1. The molecule has 3 heteroatoms. The second-order valence-corrected chi connectivity index (χ2v) is 6.12. The van der Waals surface area contributed by atoms with Crippen molar-refractivity contribution in [3.05, 3.63) is 53.6 Å². The van der Waals surface area contributed by atoms with Crippen molar-refractivity contribution < 1.29 is 0 Å². The van der Waals surface area contributed by atoms with Crippen molar-refractivity contribution in [3.63, 3.8) is 0 Å². The van der Waals surface area contributed by atoms with E-state index in [0.717, 1.165) is 24.5 Å². The molecule has 0 aliphatic carbocycles. The van der Waals surface area contributed by atoms with Crippen molar-refractivity contribution in [1.82, 2.24) is 0 Å². The van der Waals surface area contributed by atoms with Crippen LogP contribution in [0.1, 0.15) is 11.1 Å². The van der Waals surface area contributed by atoms with E-state index in [-0.39, 0.29) is 0 Å². The molecule has 1 heterocycles. The molecule has 0 fully saturated rings. The predicted octanol–water partition coefficient (Wildman–Crippen LogP) is 3.69. The van der Waals surface area contributed by atoms with Gasteiger partial charge in [-0.3, -0.25) is 0 Å². The molecule has 2 aromatic carbocycles. The normalized spacial score (nSPS) is 14.3. The number of nitrogen functional groups attached to an aromatic ring is 1. The Kier molecular flexibility index (Phi) is 3.38. The van der Waals surface area contributed by atoms with Gasteiger partial charge in [-0.05, 0) is 30.7 Å². The van der Waals surface area contributed by atoms with Crippen LogP contribution in [0.2, 0.25) is 0 Å². The van der Waals surface area contributed by atoms with Crippen molar-refractivity contribution in [2.45, 2.75) is 18.4 Å². The second-order valence-electron chi connectivity index (χ2n) is 4.98. The molecule has 0 amide bonds. The van der Waals surface area contributed by atoms with E-state index in [1.54, 1.807) is 0 Å². The van der Waals surface area contributed by atoms with E-state index < -0.39 is 0 Å². The molecule has 0 saturated carbocycles. The van der Waals surface area contributed by atoms with Crippen LogP contribution in [0.4, 0.5) is 11.4 Å². The first-order chi connectivity index (χ1) is 9.22. The summed E-state index contributed by atoms with van der Waals surface area (Å²) in [6.45, 7) is 4.16. The fourth-order valence-electron chi connectivity index (χ4n) is 2.37. The first-order valence-corrected chi connectivity index (χ1v) is 7.54. The van der Waals surface area contributed by atoms with E-state index in [2.05, 4.69) is 48.2 Å². The molecule has 0 unspecified atom stereocenters. The van der Waals surface area contributed by atoms with E-state index in [9.17, 15) is 0 Å². The third-order valence-corrected chi connectivity index (χ3v) is 4.48. The highest BCUT2D eigenvalue weighted by molar-refractivity contribution is 7.99. The molecule has 2 nitrogen and oxygen atoms in total. The summed E-state index contributed by atoms with van der Waals surface area (Å²) in [5.41, 5.74) is 10.7. The van der Waals surface area contributed by atoms with Gasteiger partial charge in [-0.2, -0.15) is 0 Å². The molecule has 0 atom stereocenters. The third-order valence-electron chi connectivity index (χ3n) is 3.44. The average Bonchev–Trinajstić information content (AvgIpc) is 2.42. The summed E-state index contributed by atoms with van der Waals surface area (Å²) in [5, 5.41) is 0.